The van der Waals surface area contributed by atoms with Gasteiger partial charge in [-0.2, -0.15) is 0 Å². The number of hydrogen-bond donors (Lipinski definition) is 1. The van der Waals surface area contributed by atoms with Gasteiger partial charge in [-0.15, -0.1) is 10.2 Å². The number of methoxy groups -OCH3 is 1. The summed E-state index contributed by atoms with van der Waals surface area (Å²) in [5, 5.41) is 13.5. The Balaban J connectivity index is 1.61. The lowest BCUT2D eigenvalue weighted by molar-refractivity contribution is -0.113. The normalized spacial score (nSPS) is 11.1. The van der Waals surface area contributed by atoms with Crippen molar-refractivity contribution in [1.29, 1.82) is 0 Å². The zero-order chi connectivity index (χ0) is 19.7. The summed E-state index contributed by atoms with van der Waals surface area (Å²) in [5.41, 5.74) is 2.75. The van der Waals surface area contributed by atoms with Crippen molar-refractivity contribution in [2.75, 3.05) is 18.2 Å². The van der Waals surface area contributed by atoms with Crippen LogP contribution in [0.1, 0.15) is 5.56 Å². The third kappa shape index (κ3) is 3.61. The van der Waals surface area contributed by atoms with Crippen LogP contribution in [0.3, 0.4) is 0 Å². The van der Waals surface area contributed by atoms with E-state index >= 15 is 0 Å². The van der Waals surface area contributed by atoms with Gasteiger partial charge in [-0.25, -0.2) is 4.98 Å². The van der Waals surface area contributed by atoms with E-state index in [4.69, 9.17) is 16.3 Å². The third-order valence-corrected chi connectivity index (χ3v) is 5.35. The number of hydrogen-bond acceptors (Lipinski definition) is 6. The molecule has 0 saturated heterocycles. The fraction of sp³-hybridized carbons (Fsp3) is 0.158. The summed E-state index contributed by atoms with van der Waals surface area (Å²) in [6.45, 7) is 2.03. The molecule has 0 fully saturated rings. The number of halogens is 1. The number of ether oxygens (including phenoxy) is 1. The average molecular weight is 414 g/mol. The number of carbonyl (C=O) groups excluding carboxylic acids is 1. The van der Waals surface area contributed by atoms with Gasteiger partial charge in [0.15, 0.2) is 10.8 Å². The minimum Gasteiger partial charge on any atom is -0.497 e. The number of nitrogens with one attached hydrogen (secondary N) is 1. The van der Waals surface area contributed by atoms with E-state index < -0.39 is 0 Å². The number of rotatable bonds is 5. The number of anilines is 1. The first-order chi connectivity index (χ1) is 13.5. The molecule has 3 aromatic heterocycles. The molecular weight excluding hydrogens is 398 g/mol. The van der Waals surface area contributed by atoms with Crippen molar-refractivity contribution in [3.05, 3.63) is 53.2 Å². The standard InChI is InChI=1S/C19H16ClN5O2S/c1-11-7-17-23-24-19(25(17)15-8-13(27-2)4-5-14(11)15)28-10-18(26)22-16-6-3-12(20)9-21-16/h3-9H,10H2,1-2H3,(H,21,22,26). The zero-order valence-corrected chi connectivity index (χ0v) is 16.7. The van der Waals surface area contributed by atoms with Gasteiger partial charge in [-0.1, -0.05) is 23.4 Å². The van der Waals surface area contributed by atoms with Crippen LogP contribution >= 0.6 is 23.4 Å². The molecule has 0 atom stereocenters. The molecule has 1 amide bonds. The highest BCUT2D eigenvalue weighted by Gasteiger charge is 2.14. The highest BCUT2D eigenvalue weighted by Crippen LogP contribution is 2.28. The number of aromatic nitrogens is 4. The van der Waals surface area contributed by atoms with Crippen LogP contribution in [-0.2, 0) is 4.79 Å². The molecule has 3 heterocycles. The molecule has 0 aliphatic rings. The average Bonchev–Trinajstić information content (AvgIpc) is 3.11. The fourth-order valence-corrected chi connectivity index (χ4v) is 3.75. The summed E-state index contributed by atoms with van der Waals surface area (Å²) in [5.74, 6) is 1.18. The number of aryl methyl sites for hydroxylation is 1. The lowest BCUT2D eigenvalue weighted by Crippen LogP contribution is -2.15. The van der Waals surface area contributed by atoms with Crippen LogP contribution in [0.2, 0.25) is 5.02 Å². The van der Waals surface area contributed by atoms with Crippen molar-refractivity contribution in [2.45, 2.75) is 12.1 Å². The largest absolute Gasteiger partial charge is 0.497 e. The van der Waals surface area contributed by atoms with Crippen LogP contribution in [0.25, 0.3) is 16.6 Å². The van der Waals surface area contributed by atoms with E-state index in [9.17, 15) is 4.79 Å². The molecule has 0 radical (unpaired) electrons. The highest BCUT2D eigenvalue weighted by atomic mass is 35.5. The van der Waals surface area contributed by atoms with Crippen molar-refractivity contribution < 1.29 is 9.53 Å². The van der Waals surface area contributed by atoms with Gasteiger partial charge in [0.05, 0.1) is 23.4 Å². The Morgan fingerprint density at radius 1 is 1.25 bits per heavy atom. The van der Waals surface area contributed by atoms with Crippen LogP contribution in [0, 0.1) is 6.92 Å². The van der Waals surface area contributed by atoms with Crippen molar-refractivity contribution in [3.63, 3.8) is 0 Å². The Morgan fingerprint density at radius 3 is 2.86 bits per heavy atom. The smallest absolute Gasteiger partial charge is 0.236 e. The first kappa shape index (κ1) is 18.5. The molecule has 4 rings (SSSR count). The van der Waals surface area contributed by atoms with Crippen LogP contribution in [-0.4, -0.2) is 38.4 Å². The summed E-state index contributed by atoms with van der Waals surface area (Å²) in [6.07, 6.45) is 1.48. The van der Waals surface area contributed by atoms with Crippen LogP contribution in [0.4, 0.5) is 5.82 Å². The molecule has 0 aliphatic carbocycles. The second kappa shape index (κ2) is 7.65. The van der Waals surface area contributed by atoms with E-state index in [-0.39, 0.29) is 11.7 Å². The Hall–Kier alpha value is -2.84. The number of carbonyl (C=O) groups is 1. The summed E-state index contributed by atoms with van der Waals surface area (Å²) in [7, 11) is 1.63. The van der Waals surface area contributed by atoms with Crippen LogP contribution in [0.15, 0.2) is 47.8 Å². The molecule has 28 heavy (non-hydrogen) atoms. The number of thioether (sulfide) groups is 1. The maximum Gasteiger partial charge on any atom is 0.236 e. The van der Waals surface area contributed by atoms with E-state index in [0.29, 0.717) is 16.0 Å². The molecule has 1 aromatic carbocycles. The van der Waals surface area contributed by atoms with Gasteiger partial charge in [-0.3, -0.25) is 9.20 Å². The Kier molecular flexibility index (Phi) is 5.06. The molecule has 142 valence electrons. The number of benzene rings is 1. The summed E-state index contributed by atoms with van der Waals surface area (Å²) < 4.78 is 7.29. The quantitative estimate of drug-likeness (QED) is 0.498. The molecule has 0 spiro atoms. The van der Waals surface area contributed by atoms with Gasteiger partial charge in [0.2, 0.25) is 5.91 Å². The minimum atomic E-state index is -0.189. The van der Waals surface area contributed by atoms with Crippen LogP contribution in [0.5, 0.6) is 5.75 Å². The molecule has 1 N–H and O–H groups in total. The van der Waals surface area contributed by atoms with Crippen molar-refractivity contribution in [1.82, 2.24) is 19.6 Å². The maximum absolute atomic E-state index is 12.3. The molecule has 9 heteroatoms. The molecule has 4 aromatic rings. The molecule has 0 aliphatic heterocycles. The third-order valence-electron chi connectivity index (χ3n) is 4.20. The molecule has 0 unspecified atom stereocenters. The van der Waals surface area contributed by atoms with E-state index in [2.05, 4.69) is 20.5 Å². The topological polar surface area (TPSA) is 81.4 Å². The maximum atomic E-state index is 12.3. The Labute approximate surface area is 170 Å². The van der Waals surface area contributed by atoms with Crippen molar-refractivity contribution >= 4 is 51.6 Å². The second-order valence-corrected chi connectivity index (χ2v) is 7.46. The summed E-state index contributed by atoms with van der Waals surface area (Å²) >= 11 is 7.11. The molecule has 0 bridgehead atoms. The number of nitrogens with zero attached hydrogens (tertiary/aromatic N) is 4. The highest BCUT2D eigenvalue weighted by molar-refractivity contribution is 7.99. The van der Waals surface area contributed by atoms with Crippen molar-refractivity contribution in [2.24, 2.45) is 0 Å². The Bertz CT molecular complexity index is 1180. The van der Waals surface area contributed by atoms with Gasteiger partial charge in [0, 0.05) is 17.6 Å². The van der Waals surface area contributed by atoms with E-state index in [1.54, 1.807) is 19.2 Å². The molecule has 7 nitrogen and oxygen atoms in total. The number of pyridine rings is 2. The number of amides is 1. The first-order valence-electron chi connectivity index (χ1n) is 8.42. The van der Waals surface area contributed by atoms with Gasteiger partial charge in [0.1, 0.15) is 11.6 Å². The lowest BCUT2D eigenvalue weighted by Gasteiger charge is -2.09. The van der Waals surface area contributed by atoms with Gasteiger partial charge >= 0.3 is 0 Å². The number of fused-ring (bicyclic) bond motifs is 3. The molecule has 0 saturated carbocycles. The van der Waals surface area contributed by atoms with Gasteiger partial charge in [0.25, 0.3) is 0 Å². The van der Waals surface area contributed by atoms with Gasteiger partial charge in [-0.05, 0) is 42.8 Å². The Morgan fingerprint density at radius 2 is 2.11 bits per heavy atom. The van der Waals surface area contributed by atoms with Gasteiger partial charge < -0.3 is 10.1 Å². The predicted octanol–water partition coefficient (Wildman–Crippen LogP) is 3.98. The van der Waals surface area contributed by atoms with Crippen molar-refractivity contribution in [3.8, 4) is 5.75 Å². The van der Waals surface area contributed by atoms with E-state index in [1.807, 2.05) is 35.6 Å². The minimum absolute atomic E-state index is 0.171. The summed E-state index contributed by atoms with van der Waals surface area (Å²) in [6, 6.07) is 11.2. The SMILES string of the molecule is COc1ccc2c(C)cc3nnc(SCC(=O)Nc4ccc(Cl)cn4)n3c2c1. The zero-order valence-electron chi connectivity index (χ0n) is 15.1. The van der Waals surface area contributed by atoms with E-state index in [0.717, 1.165) is 27.9 Å². The monoisotopic (exact) mass is 413 g/mol. The molecular formula is C19H16ClN5O2S. The lowest BCUT2D eigenvalue weighted by atomic mass is 10.1. The first-order valence-corrected chi connectivity index (χ1v) is 9.78. The predicted molar refractivity (Wildman–Crippen MR) is 110 cm³/mol. The summed E-state index contributed by atoms with van der Waals surface area (Å²) in [4.78, 5) is 16.3. The van der Waals surface area contributed by atoms with E-state index in [1.165, 1.54) is 18.0 Å². The second-order valence-electron chi connectivity index (χ2n) is 6.09. The fourth-order valence-electron chi connectivity index (χ4n) is 2.88. The van der Waals surface area contributed by atoms with Crippen LogP contribution < -0.4 is 10.1 Å².